The first kappa shape index (κ1) is 13.1. The summed E-state index contributed by atoms with van der Waals surface area (Å²) < 4.78 is 5.42. The molecular weight excluding hydrogens is 242 g/mol. The maximum atomic E-state index is 6.34. The molecule has 1 heterocycles. The third-order valence-corrected chi connectivity index (χ3v) is 4.06. The van der Waals surface area contributed by atoms with Gasteiger partial charge >= 0.3 is 0 Å². The molecule has 0 aliphatic rings. The molecule has 1 aromatic carbocycles. The molecule has 1 atom stereocenters. The number of hydrogen-bond donors (Lipinski definition) is 1. The van der Waals surface area contributed by atoms with E-state index in [0.29, 0.717) is 5.92 Å². The molecule has 0 unspecified atom stereocenters. The number of hydrogen-bond acceptors (Lipinski definition) is 3. The summed E-state index contributed by atoms with van der Waals surface area (Å²) in [7, 11) is 1.69. The van der Waals surface area contributed by atoms with Crippen molar-refractivity contribution in [1.82, 2.24) is 0 Å². The fourth-order valence-corrected chi connectivity index (χ4v) is 2.72. The number of thiophene rings is 1. The van der Waals surface area contributed by atoms with Gasteiger partial charge in [0, 0.05) is 10.4 Å². The van der Waals surface area contributed by atoms with Crippen molar-refractivity contribution in [2.75, 3.05) is 7.11 Å². The molecule has 0 amide bonds. The van der Waals surface area contributed by atoms with Crippen molar-refractivity contribution in [2.24, 2.45) is 5.73 Å². The Kier molecular flexibility index (Phi) is 4.04. The number of ether oxygens (including phenoxy) is 1. The van der Waals surface area contributed by atoms with E-state index in [2.05, 4.69) is 32.0 Å². The lowest BCUT2D eigenvalue weighted by atomic mass is 9.96. The molecule has 0 spiro atoms. The van der Waals surface area contributed by atoms with Crippen molar-refractivity contribution in [2.45, 2.75) is 25.8 Å². The van der Waals surface area contributed by atoms with E-state index in [1.54, 1.807) is 18.4 Å². The van der Waals surface area contributed by atoms with Crippen molar-refractivity contribution in [3.8, 4) is 5.75 Å². The van der Waals surface area contributed by atoms with Gasteiger partial charge in [-0.05, 0) is 35.1 Å². The van der Waals surface area contributed by atoms with Crippen LogP contribution in [0.15, 0.2) is 35.7 Å². The average Bonchev–Trinajstić information content (AvgIpc) is 2.90. The lowest BCUT2D eigenvalue weighted by molar-refractivity contribution is 0.407. The number of rotatable bonds is 4. The molecule has 2 aromatic rings. The van der Waals surface area contributed by atoms with Gasteiger partial charge in [0.15, 0.2) is 0 Å². The highest BCUT2D eigenvalue weighted by Crippen LogP contribution is 2.32. The molecule has 0 aliphatic carbocycles. The Morgan fingerprint density at radius 1 is 1.22 bits per heavy atom. The van der Waals surface area contributed by atoms with Gasteiger partial charge in [0.25, 0.3) is 0 Å². The maximum absolute atomic E-state index is 6.34. The van der Waals surface area contributed by atoms with Gasteiger partial charge in [-0.1, -0.05) is 26.0 Å². The normalized spacial score (nSPS) is 12.7. The molecule has 0 saturated carbocycles. The van der Waals surface area contributed by atoms with E-state index in [4.69, 9.17) is 10.5 Å². The summed E-state index contributed by atoms with van der Waals surface area (Å²) in [4.78, 5) is 1.16. The second-order valence-corrected chi connectivity index (χ2v) is 5.63. The summed E-state index contributed by atoms with van der Waals surface area (Å²) in [5, 5.41) is 2.05. The molecule has 0 bridgehead atoms. The Hall–Kier alpha value is -1.32. The van der Waals surface area contributed by atoms with Crippen LogP contribution in [0, 0.1) is 0 Å². The van der Waals surface area contributed by atoms with Gasteiger partial charge in [0.05, 0.1) is 13.2 Å². The molecule has 0 fully saturated rings. The number of methoxy groups -OCH3 is 1. The van der Waals surface area contributed by atoms with Crippen molar-refractivity contribution in [3.05, 3.63) is 51.7 Å². The Morgan fingerprint density at radius 2 is 2.00 bits per heavy atom. The van der Waals surface area contributed by atoms with Crippen molar-refractivity contribution in [3.63, 3.8) is 0 Å². The van der Waals surface area contributed by atoms with Gasteiger partial charge in [-0.25, -0.2) is 0 Å². The fraction of sp³-hybridized carbons (Fsp3) is 0.333. The van der Waals surface area contributed by atoms with Gasteiger partial charge in [-0.3, -0.25) is 0 Å². The average molecular weight is 261 g/mol. The zero-order chi connectivity index (χ0) is 13.1. The van der Waals surface area contributed by atoms with Crippen LogP contribution in [0.5, 0.6) is 5.75 Å². The second-order valence-electron chi connectivity index (χ2n) is 4.65. The van der Waals surface area contributed by atoms with Crippen molar-refractivity contribution < 1.29 is 4.74 Å². The summed E-state index contributed by atoms with van der Waals surface area (Å²) in [6.07, 6.45) is 0. The van der Waals surface area contributed by atoms with E-state index < -0.39 is 0 Å². The van der Waals surface area contributed by atoms with E-state index in [0.717, 1.165) is 16.2 Å². The Labute approximate surface area is 112 Å². The molecule has 0 radical (unpaired) electrons. The first-order valence-corrected chi connectivity index (χ1v) is 6.98. The molecule has 2 N–H and O–H groups in total. The third kappa shape index (κ3) is 2.57. The molecule has 18 heavy (non-hydrogen) atoms. The zero-order valence-corrected chi connectivity index (χ0v) is 11.8. The summed E-state index contributed by atoms with van der Waals surface area (Å²) >= 11 is 1.68. The van der Waals surface area contributed by atoms with E-state index in [1.807, 2.05) is 17.5 Å². The first-order valence-electron chi connectivity index (χ1n) is 6.10. The van der Waals surface area contributed by atoms with Crippen LogP contribution in [0.1, 0.15) is 41.8 Å². The minimum absolute atomic E-state index is 0.112. The van der Waals surface area contributed by atoms with E-state index >= 15 is 0 Å². The smallest absolute Gasteiger partial charge is 0.124 e. The molecule has 0 saturated heterocycles. The largest absolute Gasteiger partial charge is 0.496 e. The van der Waals surface area contributed by atoms with E-state index in [-0.39, 0.29) is 6.04 Å². The lowest BCUT2D eigenvalue weighted by Crippen LogP contribution is -2.12. The summed E-state index contributed by atoms with van der Waals surface area (Å²) in [6, 6.07) is 10.3. The molecule has 96 valence electrons. The van der Waals surface area contributed by atoms with Gasteiger partial charge in [0.1, 0.15) is 5.75 Å². The number of benzene rings is 1. The highest BCUT2D eigenvalue weighted by atomic mass is 32.1. The topological polar surface area (TPSA) is 35.2 Å². The van der Waals surface area contributed by atoms with Gasteiger partial charge in [-0.15, -0.1) is 11.3 Å². The summed E-state index contributed by atoms with van der Waals surface area (Å²) in [6.45, 7) is 4.37. The van der Waals surface area contributed by atoms with Crippen LogP contribution in [0.3, 0.4) is 0 Å². The lowest BCUT2D eigenvalue weighted by Gasteiger charge is -2.17. The fourth-order valence-electron chi connectivity index (χ4n) is 1.98. The van der Waals surface area contributed by atoms with Crippen molar-refractivity contribution >= 4 is 11.3 Å². The molecule has 2 nitrogen and oxygen atoms in total. The molecular formula is C15H19NOS. The SMILES string of the molecule is COc1ccc(C(C)C)cc1[C@@H](N)c1cccs1. The summed E-state index contributed by atoms with van der Waals surface area (Å²) in [5.74, 6) is 1.35. The van der Waals surface area contributed by atoms with Crippen LogP contribution in [-0.4, -0.2) is 7.11 Å². The standard InChI is InChI=1S/C15H19NOS/c1-10(2)11-6-7-13(17-3)12(9-11)15(16)14-5-4-8-18-14/h4-10,15H,16H2,1-3H3/t15-/m1/s1. The van der Waals surface area contributed by atoms with Crippen LogP contribution < -0.4 is 10.5 Å². The maximum Gasteiger partial charge on any atom is 0.124 e. The highest BCUT2D eigenvalue weighted by molar-refractivity contribution is 7.10. The predicted molar refractivity (Wildman–Crippen MR) is 77.4 cm³/mol. The number of nitrogens with two attached hydrogens (primary N) is 1. The Morgan fingerprint density at radius 3 is 2.56 bits per heavy atom. The third-order valence-electron chi connectivity index (χ3n) is 3.11. The molecule has 3 heteroatoms. The van der Waals surface area contributed by atoms with Crippen LogP contribution >= 0.6 is 11.3 Å². The molecule has 0 aliphatic heterocycles. The Bertz CT molecular complexity index is 505. The summed E-state index contributed by atoms with van der Waals surface area (Å²) in [5.41, 5.74) is 8.69. The molecule has 1 aromatic heterocycles. The molecule has 2 rings (SSSR count). The van der Waals surface area contributed by atoms with Crippen LogP contribution in [-0.2, 0) is 0 Å². The van der Waals surface area contributed by atoms with Crippen molar-refractivity contribution in [1.29, 1.82) is 0 Å². The van der Waals surface area contributed by atoms with Crippen LogP contribution in [0.4, 0.5) is 0 Å². The highest BCUT2D eigenvalue weighted by Gasteiger charge is 2.16. The second kappa shape index (κ2) is 5.55. The predicted octanol–water partition coefficient (Wildman–Crippen LogP) is 3.93. The van der Waals surface area contributed by atoms with E-state index in [9.17, 15) is 0 Å². The monoisotopic (exact) mass is 261 g/mol. The minimum atomic E-state index is -0.112. The Balaban J connectivity index is 2.43. The van der Waals surface area contributed by atoms with Gasteiger partial charge in [-0.2, -0.15) is 0 Å². The van der Waals surface area contributed by atoms with Crippen LogP contribution in [0.2, 0.25) is 0 Å². The van der Waals surface area contributed by atoms with Gasteiger partial charge < -0.3 is 10.5 Å². The zero-order valence-electron chi connectivity index (χ0n) is 11.0. The first-order chi connectivity index (χ1) is 8.63. The van der Waals surface area contributed by atoms with E-state index in [1.165, 1.54) is 5.56 Å². The van der Waals surface area contributed by atoms with Gasteiger partial charge in [0.2, 0.25) is 0 Å². The van der Waals surface area contributed by atoms with Crippen LogP contribution in [0.25, 0.3) is 0 Å². The quantitative estimate of drug-likeness (QED) is 0.905. The minimum Gasteiger partial charge on any atom is -0.496 e.